The van der Waals surface area contributed by atoms with Crippen LogP contribution in [0.4, 0.5) is 0 Å². The molecule has 0 aliphatic heterocycles. The Balaban J connectivity index is 2.53. The van der Waals surface area contributed by atoms with Crippen LogP contribution in [0.25, 0.3) is 0 Å². The summed E-state index contributed by atoms with van der Waals surface area (Å²) in [7, 11) is 0. The Bertz CT molecular complexity index is 368. The molecule has 0 nitrogen and oxygen atoms in total. The van der Waals surface area contributed by atoms with E-state index in [0.717, 1.165) is 11.8 Å². The summed E-state index contributed by atoms with van der Waals surface area (Å²) < 4.78 is 0. The van der Waals surface area contributed by atoms with E-state index in [4.69, 9.17) is 0 Å². The third kappa shape index (κ3) is 2.10. The van der Waals surface area contributed by atoms with E-state index in [1.54, 1.807) is 5.57 Å². The maximum Gasteiger partial charge on any atom is -0.0158 e. The fraction of sp³-hybridized carbons (Fsp3) is 0.895. The maximum atomic E-state index is 2.59. The second-order valence-corrected chi connectivity index (χ2v) is 8.93. The average molecular weight is 262 g/mol. The van der Waals surface area contributed by atoms with Crippen LogP contribution in [0, 0.1) is 28.1 Å². The Hall–Kier alpha value is -0.260. The molecular formula is C19H34. The van der Waals surface area contributed by atoms with Crippen LogP contribution in [0.1, 0.15) is 80.6 Å². The van der Waals surface area contributed by atoms with Crippen LogP contribution in [-0.2, 0) is 0 Å². The van der Waals surface area contributed by atoms with E-state index < -0.39 is 0 Å². The zero-order chi connectivity index (χ0) is 14.5. The van der Waals surface area contributed by atoms with Gasteiger partial charge in [-0.1, -0.05) is 53.2 Å². The lowest BCUT2D eigenvalue weighted by atomic mass is 9.48. The van der Waals surface area contributed by atoms with Gasteiger partial charge < -0.3 is 0 Å². The zero-order valence-corrected chi connectivity index (χ0v) is 14.3. The quantitative estimate of drug-likeness (QED) is 0.492. The third-order valence-electron chi connectivity index (χ3n) is 6.67. The van der Waals surface area contributed by atoms with Gasteiger partial charge in [0.1, 0.15) is 0 Å². The summed E-state index contributed by atoms with van der Waals surface area (Å²) in [5, 5.41) is 0. The summed E-state index contributed by atoms with van der Waals surface area (Å²) in [5.74, 6) is 1.72. The summed E-state index contributed by atoms with van der Waals surface area (Å²) >= 11 is 0. The molecule has 110 valence electrons. The van der Waals surface area contributed by atoms with Crippen molar-refractivity contribution in [3.05, 3.63) is 11.6 Å². The summed E-state index contributed by atoms with van der Waals surface area (Å²) in [6.07, 6.45) is 9.44. The Kier molecular flexibility index (Phi) is 3.69. The molecule has 0 N–H and O–H groups in total. The number of hydrogen-bond acceptors (Lipinski definition) is 0. The minimum absolute atomic E-state index is 0.408. The summed E-state index contributed by atoms with van der Waals surface area (Å²) in [6.45, 7) is 17.4. The average Bonchev–Trinajstić information content (AvgIpc) is 2.51. The van der Waals surface area contributed by atoms with Gasteiger partial charge in [-0.25, -0.2) is 0 Å². The van der Waals surface area contributed by atoms with Gasteiger partial charge in [-0.3, -0.25) is 0 Å². The van der Waals surface area contributed by atoms with Crippen molar-refractivity contribution in [3.8, 4) is 0 Å². The van der Waals surface area contributed by atoms with E-state index in [-0.39, 0.29) is 0 Å². The number of rotatable bonds is 1. The molecule has 2 aliphatic rings. The summed E-state index contributed by atoms with van der Waals surface area (Å²) in [4.78, 5) is 0. The predicted octanol–water partition coefficient (Wildman–Crippen LogP) is 6.22. The van der Waals surface area contributed by atoms with E-state index in [9.17, 15) is 0 Å². The van der Waals surface area contributed by atoms with Crippen molar-refractivity contribution in [2.75, 3.05) is 0 Å². The zero-order valence-electron chi connectivity index (χ0n) is 14.3. The lowest BCUT2D eigenvalue weighted by Gasteiger charge is -2.56. The summed E-state index contributed by atoms with van der Waals surface area (Å²) in [6, 6.07) is 0. The maximum absolute atomic E-state index is 2.59. The molecule has 1 saturated carbocycles. The van der Waals surface area contributed by atoms with Gasteiger partial charge in [0.05, 0.1) is 0 Å². The highest BCUT2D eigenvalue weighted by Crippen LogP contribution is 2.70. The lowest BCUT2D eigenvalue weighted by molar-refractivity contribution is -0.0786. The largest absolute Gasteiger partial charge is 0.0850 e. The monoisotopic (exact) mass is 262 g/mol. The highest BCUT2D eigenvalue weighted by molar-refractivity contribution is 5.17. The first-order valence-corrected chi connectivity index (χ1v) is 8.30. The highest BCUT2D eigenvalue weighted by atomic mass is 14.7. The normalized spacial score (nSPS) is 40.0. The predicted molar refractivity (Wildman–Crippen MR) is 85.2 cm³/mol. The van der Waals surface area contributed by atoms with Gasteiger partial charge in [-0.05, 0) is 67.1 Å². The van der Waals surface area contributed by atoms with Crippen LogP contribution >= 0.6 is 0 Å². The molecule has 0 heterocycles. The van der Waals surface area contributed by atoms with Gasteiger partial charge in [-0.15, -0.1) is 0 Å². The molecular weight excluding hydrogens is 228 g/mol. The van der Waals surface area contributed by atoms with Crippen molar-refractivity contribution < 1.29 is 0 Å². The van der Waals surface area contributed by atoms with Gasteiger partial charge >= 0.3 is 0 Å². The van der Waals surface area contributed by atoms with Crippen LogP contribution in [0.2, 0.25) is 0 Å². The van der Waals surface area contributed by atoms with Crippen molar-refractivity contribution in [1.29, 1.82) is 0 Å². The van der Waals surface area contributed by atoms with Gasteiger partial charge in [-0.2, -0.15) is 0 Å². The van der Waals surface area contributed by atoms with Crippen molar-refractivity contribution >= 4 is 0 Å². The Morgan fingerprint density at radius 2 is 1.84 bits per heavy atom. The minimum atomic E-state index is 0.408. The molecule has 0 saturated heterocycles. The first-order valence-electron chi connectivity index (χ1n) is 8.30. The van der Waals surface area contributed by atoms with Gasteiger partial charge in [0, 0.05) is 0 Å². The third-order valence-corrected chi connectivity index (χ3v) is 6.67. The fourth-order valence-electron chi connectivity index (χ4n) is 5.80. The van der Waals surface area contributed by atoms with E-state index in [1.165, 1.54) is 32.1 Å². The van der Waals surface area contributed by atoms with E-state index in [1.807, 2.05) is 0 Å². The Morgan fingerprint density at radius 3 is 2.37 bits per heavy atom. The van der Waals surface area contributed by atoms with E-state index >= 15 is 0 Å². The molecule has 0 bridgehead atoms. The SMILES string of the molecule is CC1=CCC2(C)CCC(C(C)C)C2(C(C)(C)C)CC1. The molecule has 2 rings (SSSR count). The van der Waals surface area contributed by atoms with E-state index in [2.05, 4.69) is 54.5 Å². The van der Waals surface area contributed by atoms with E-state index in [0.29, 0.717) is 16.2 Å². The van der Waals surface area contributed by atoms with Crippen LogP contribution in [0.15, 0.2) is 11.6 Å². The number of allylic oxidation sites excluding steroid dienone is 2. The lowest BCUT2D eigenvalue weighted by Crippen LogP contribution is -2.50. The molecule has 0 radical (unpaired) electrons. The standard InChI is InChI=1S/C19H34/c1-14(2)16-10-12-18(7)11-8-15(3)9-13-19(16,18)17(4,5)6/h8,14,16H,9-13H2,1-7H3. The first-order chi connectivity index (χ1) is 8.64. The summed E-state index contributed by atoms with van der Waals surface area (Å²) in [5.41, 5.74) is 3.06. The van der Waals surface area contributed by atoms with Crippen molar-refractivity contribution in [2.45, 2.75) is 80.6 Å². The first kappa shape index (κ1) is 15.1. The minimum Gasteiger partial charge on any atom is -0.0850 e. The van der Waals surface area contributed by atoms with Crippen molar-refractivity contribution in [3.63, 3.8) is 0 Å². The van der Waals surface area contributed by atoms with Crippen LogP contribution in [0.3, 0.4) is 0 Å². The highest BCUT2D eigenvalue weighted by Gasteiger charge is 2.62. The molecule has 2 aliphatic carbocycles. The van der Waals surface area contributed by atoms with Crippen LogP contribution in [-0.4, -0.2) is 0 Å². The number of hydrogen-bond donors (Lipinski definition) is 0. The second kappa shape index (κ2) is 4.64. The Labute approximate surface area is 121 Å². The molecule has 0 aromatic heterocycles. The van der Waals surface area contributed by atoms with Crippen molar-refractivity contribution in [1.82, 2.24) is 0 Å². The molecule has 1 fully saturated rings. The molecule has 0 spiro atoms. The molecule has 0 aromatic carbocycles. The smallest absolute Gasteiger partial charge is 0.0158 e. The molecule has 3 unspecified atom stereocenters. The Morgan fingerprint density at radius 1 is 1.21 bits per heavy atom. The van der Waals surface area contributed by atoms with Crippen LogP contribution < -0.4 is 0 Å². The van der Waals surface area contributed by atoms with Gasteiger partial charge in [0.15, 0.2) is 0 Å². The van der Waals surface area contributed by atoms with Gasteiger partial charge in [0.2, 0.25) is 0 Å². The van der Waals surface area contributed by atoms with Gasteiger partial charge in [0.25, 0.3) is 0 Å². The molecule has 0 aromatic rings. The molecule has 0 heteroatoms. The fourth-order valence-corrected chi connectivity index (χ4v) is 5.80. The topological polar surface area (TPSA) is 0 Å². The van der Waals surface area contributed by atoms with Crippen LogP contribution in [0.5, 0.6) is 0 Å². The number of fused-ring (bicyclic) bond motifs is 1. The molecule has 0 amide bonds. The molecule has 3 atom stereocenters. The molecule has 19 heavy (non-hydrogen) atoms. The van der Waals surface area contributed by atoms with Crippen molar-refractivity contribution in [2.24, 2.45) is 28.1 Å². The second-order valence-electron chi connectivity index (χ2n) is 8.93.